The molecule has 1 saturated heterocycles. The molecule has 4 rings (SSSR count). The van der Waals surface area contributed by atoms with Gasteiger partial charge in [-0.2, -0.15) is 0 Å². The van der Waals surface area contributed by atoms with Crippen molar-refractivity contribution in [2.24, 2.45) is 0 Å². The van der Waals surface area contributed by atoms with Gasteiger partial charge in [-0.1, -0.05) is 15.9 Å². The number of halogens is 1. The zero-order valence-electron chi connectivity index (χ0n) is 17.4. The number of piperidine rings is 1. The van der Waals surface area contributed by atoms with Gasteiger partial charge < -0.3 is 25.1 Å². The van der Waals surface area contributed by atoms with E-state index in [0.29, 0.717) is 29.2 Å². The Morgan fingerprint density at radius 2 is 2.07 bits per heavy atom. The number of carbonyl (C=O) groups is 2. The van der Waals surface area contributed by atoms with Gasteiger partial charge in [0.2, 0.25) is 5.76 Å². The molecule has 1 fully saturated rings. The number of hydrogen-bond donors (Lipinski definition) is 3. The number of rotatable bonds is 3. The van der Waals surface area contributed by atoms with E-state index in [1.54, 1.807) is 6.07 Å². The van der Waals surface area contributed by atoms with Gasteiger partial charge in [-0.3, -0.25) is 9.69 Å². The minimum absolute atomic E-state index is 0.118. The highest BCUT2D eigenvalue weighted by Gasteiger charge is 2.41. The van der Waals surface area contributed by atoms with Gasteiger partial charge in [-0.05, 0) is 64.9 Å². The summed E-state index contributed by atoms with van der Waals surface area (Å²) < 4.78 is 12.3. The fourth-order valence-electron chi connectivity index (χ4n) is 3.86. The van der Waals surface area contributed by atoms with Gasteiger partial charge >= 0.3 is 6.09 Å². The molecule has 2 aliphatic rings. The molecule has 8 nitrogen and oxygen atoms in total. The molecule has 0 radical (unpaired) electrons. The number of benzene rings is 1. The van der Waals surface area contributed by atoms with Crippen LogP contribution in [0.3, 0.4) is 0 Å². The predicted octanol–water partition coefficient (Wildman–Crippen LogP) is 3.35. The molecule has 3 N–H and O–H groups in total. The van der Waals surface area contributed by atoms with Crippen LogP contribution in [0.15, 0.2) is 27.1 Å². The van der Waals surface area contributed by atoms with E-state index < -0.39 is 17.9 Å². The minimum Gasteiger partial charge on any atom is -0.449 e. The smallest absolute Gasteiger partial charge is 0.416 e. The molecule has 0 saturated carbocycles. The molecule has 1 unspecified atom stereocenters. The maximum Gasteiger partial charge on any atom is 0.416 e. The van der Waals surface area contributed by atoms with Crippen LogP contribution in [0, 0.1) is 0 Å². The van der Waals surface area contributed by atoms with Crippen LogP contribution in [0.4, 0.5) is 10.5 Å². The Morgan fingerprint density at radius 3 is 2.77 bits per heavy atom. The summed E-state index contributed by atoms with van der Waals surface area (Å²) in [6, 6.07) is 5.80. The number of hydrogen-bond acceptors (Lipinski definition) is 6. The van der Waals surface area contributed by atoms with Gasteiger partial charge in [0, 0.05) is 22.4 Å². The normalized spacial score (nSPS) is 20.2. The Hall–Kier alpha value is -2.10. The van der Waals surface area contributed by atoms with Crippen molar-refractivity contribution in [1.29, 1.82) is 0 Å². The van der Waals surface area contributed by atoms with Crippen LogP contribution < -0.4 is 20.9 Å². The van der Waals surface area contributed by atoms with Crippen molar-refractivity contribution in [3.05, 3.63) is 28.4 Å². The molecular formula is C21H27BrN4O4. The van der Waals surface area contributed by atoms with E-state index in [4.69, 9.17) is 9.15 Å². The summed E-state index contributed by atoms with van der Waals surface area (Å²) in [6.07, 6.45) is 0.887. The maximum absolute atomic E-state index is 13.2. The highest BCUT2D eigenvalue weighted by Crippen LogP contribution is 2.39. The average Bonchev–Trinajstić information content (AvgIpc) is 3.05. The largest absolute Gasteiger partial charge is 0.449 e. The second-order valence-electron chi connectivity index (χ2n) is 8.69. The Balaban J connectivity index is 1.71. The van der Waals surface area contributed by atoms with Crippen molar-refractivity contribution in [3.63, 3.8) is 0 Å². The van der Waals surface area contributed by atoms with Crippen molar-refractivity contribution in [2.75, 3.05) is 24.5 Å². The fraction of sp³-hybridized carbons (Fsp3) is 0.524. The Bertz CT molecular complexity index is 962. The monoisotopic (exact) mass is 478 g/mol. The minimum atomic E-state index is -0.675. The quantitative estimate of drug-likeness (QED) is 0.625. The first-order valence-corrected chi connectivity index (χ1v) is 11.0. The number of amides is 2. The van der Waals surface area contributed by atoms with E-state index in [0.717, 1.165) is 30.4 Å². The molecule has 2 amide bonds. The second-order valence-corrected chi connectivity index (χ2v) is 9.61. The molecule has 162 valence electrons. The summed E-state index contributed by atoms with van der Waals surface area (Å²) in [5.41, 5.74) is 0.312. The molecule has 0 spiro atoms. The lowest BCUT2D eigenvalue weighted by Gasteiger charge is -2.37. The van der Waals surface area contributed by atoms with Crippen LogP contribution in [0.5, 0.6) is 0 Å². The molecule has 3 heterocycles. The maximum atomic E-state index is 13.2. The highest BCUT2D eigenvalue weighted by atomic mass is 79.9. The summed E-state index contributed by atoms with van der Waals surface area (Å²) in [5, 5.41) is 10.4. The SMILES string of the molecule is CC(C)(C)OC(=O)N1c2c(oc3ccc(Br)cc23)C(=O)NC1CNC1CCNCC1. The summed E-state index contributed by atoms with van der Waals surface area (Å²) in [6.45, 7) is 7.78. The van der Waals surface area contributed by atoms with Crippen LogP contribution in [0.2, 0.25) is 0 Å². The molecule has 0 bridgehead atoms. The van der Waals surface area contributed by atoms with Gasteiger partial charge in [0.05, 0.1) is 0 Å². The number of fused-ring (bicyclic) bond motifs is 3. The van der Waals surface area contributed by atoms with Gasteiger partial charge in [0.25, 0.3) is 5.91 Å². The summed E-state index contributed by atoms with van der Waals surface area (Å²) >= 11 is 3.47. The molecule has 1 atom stereocenters. The number of carbonyl (C=O) groups excluding carboxylic acids is 2. The third kappa shape index (κ3) is 4.33. The van der Waals surface area contributed by atoms with Crippen molar-refractivity contribution in [3.8, 4) is 0 Å². The van der Waals surface area contributed by atoms with Crippen molar-refractivity contribution < 1.29 is 18.7 Å². The average molecular weight is 479 g/mol. The number of ether oxygens (including phenoxy) is 1. The second kappa shape index (κ2) is 8.20. The van der Waals surface area contributed by atoms with Crippen LogP contribution in [0.25, 0.3) is 11.0 Å². The molecule has 2 aromatic rings. The first-order valence-electron chi connectivity index (χ1n) is 10.2. The fourth-order valence-corrected chi connectivity index (χ4v) is 4.22. The van der Waals surface area contributed by atoms with E-state index in [-0.39, 0.29) is 11.7 Å². The summed E-state index contributed by atoms with van der Waals surface area (Å²) in [5.74, 6) is -0.221. The van der Waals surface area contributed by atoms with E-state index in [2.05, 4.69) is 31.9 Å². The van der Waals surface area contributed by atoms with E-state index in [9.17, 15) is 9.59 Å². The molecule has 0 aliphatic carbocycles. The Morgan fingerprint density at radius 1 is 1.33 bits per heavy atom. The summed E-state index contributed by atoms with van der Waals surface area (Å²) in [4.78, 5) is 27.6. The molecule has 2 aliphatic heterocycles. The molecule has 1 aromatic heterocycles. The highest BCUT2D eigenvalue weighted by molar-refractivity contribution is 9.10. The molecule has 1 aromatic carbocycles. The standard InChI is InChI=1S/C21H27BrN4O4/c1-21(2,3)30-20(28)26-16(11-24-13-6-8-23-9-7-13)25-19(27)18-17(26)14-10-12(22)4-5-15(14)29-18/h4-5,10,13,16,23-24H,6-9,11H2,1-3H3,(H,25,27). The van der Waals surface area contributed by atoms with Gasteiger partial charge in [-0.25, -0.2) is 4.79 Å². The third-order valence-corrected chi connectivity index (χ3v) is 5.70. The van der Waals surface area contributed by atoms with Crippen LogP contribution >= 0.6 is 15.9 Å². The lowest BCUT2D eigenvalue weighted by atomic mass is 10.1. The van der Waals surface area contributed by atoms with E-state index in [1.807, 2.05) is 32.9 Å². The lowest BCUT2D eigenvalue weighted by molar-refractivity contribution is 0.0549. The summed E-state index contributed by atoms with van der Waals surface area (Å²) in [7, 11) is 0. The zero-order chi connectivity index (χ0) is 21.5. The first-order chi connectivity index (χ1) is 14.2. The van der Waals surface area contributed by atoms with Gasteiger partial charge in [-0.15, -0.1) is 0 Å². The number of nitrogens with zero attached hydrogens (tertiary/aromatic N) is 1. The van der Waals surface area contributed by atoms with Crippen molar-refractivity contribution in [1.82, 2.24) is 16.0 Å². The number of anilines is 1. The number of nitrogens with one attached hydrogen (secondary N) is 3. The van der Waals surface area contributed by atoms with Gasteiger partial charge in [0.1, 0.15) is 23.0 Å². The van der Waals surface area contributed by atoms with Gasteiger partial charge in [0.15, 0.2) is 0 Å². The Kier molecular flexibility index (Phi) is 5.78. The number of furan rings is 1. The molecular weight excluding hydrogens is 452 g/mol. The molecule has 30 heavy (non-hydrogen) atoms. The lowest BCUT2D eigenvalue weighted by Crippen LogP contribution is -2.60. The third-order valence-electron chi connectivity index (χ3n) is 5.21. The topological polar surface area (TPSA) is 95.8 Å². The first kappa shape index (κ1) is 21.1. The van der Waals surface area contributed by atoms with Crippen molar-refractivity contribution in [2.45, 2.75) is 51.4 Å². The zero-order valence-corrected chi connectivity index (χ0v) is 19.0. The molecule has 9 heteroatoms. The van der Waals surface area contributed by atoms with Crippen LogP contribution in [-0.2, 0) is 4.74 Å². The van der Waals surface area contributed by atoms with Crippen molar-refractivity contribution >= 4 is 44.6 Å². The Labute approximate surface area is 183 Å². The van der Waals surface area contributed by atoms with Crippen LogP contribution in [0.1, 0.15) is 44.2 Å². The predicted molar refractivity (Wildman–Crippen MR) is 118 cm³/mol. The van der Waals surface area contributed by atoms with Crippen LogP contribution in [-0.4, -0.2) is 49.4 Å². The van der Waals surface area contributed by atoms with E-state index in [1.165, 1.54) is 4.90 Å². The van der Waals surface area contributed by atoms with E-state index >= 15 is 0 Å².